The molecule has 2 saturated heterocycles. The average molecular weight is 492 g/mol. The number of piperazine rings is 1. The van der Waals surface area contributed by atoms with Crippen LogP contribution in [-0.2, 0) is 10.2 Å². The minimum absolute atomic E-state index is 0.0336. The second kappa shape index (κ2) is 11.0. The Balaban J connectivity index is 1.51. The zero-order chi connectivity index (χ0) is 25.8. The molecule has 0 N–H and O–H groups in total. The molecule has 0 saturated carbocycles. The van der Waals surface area contributed by atoms with E-state index in [-0.39, 0.29) is 17.2 Å². The highest BCUT2D eigenvalue weighted by Crippen LogP contribution is 2.36. The highest BCUT2D eigenvalue weighted by atomic mass is 16.5. The maximum Gasteiger partial charge on any atom is 0.253 e. The number of likely N-dealkylation sites (tertiary alicyclic amines) is 1. The van der Waals surface area contributed by atoms with Crippen LogP contribution >= 0.6 is 0 Å². The molecule has 2 aliphatic heterocycles. The van der Waals surface area contributed by atoms with Crippen LogP contribution in [0.4, 0.5) is 0 Å². The van der Waals surface area contributed by atoms with Gasteiger partial charge in [0.2, 0.25) is 5.91 Å². The summed E-state index contributed by atoms with van der Waals surface area (Å²) in [6.45, 7) is 11.5. The Morgan fingerprint density at radius 3 is 2.19 bits per heavy atom. The number of nitrogens with zero attached hydrogens (tertiary/aromatic N) is 3. The van der Waals surface area contributed by atoms with Crippen LogP contribution in [0.1, 0.15) is 56.0 Å². The van der Waals surface area contributed by atoms with Crippen molar-refractivity contribution in [2.24, 2.45) is 5.41 Å². The zero-order valence-electron chi connectivity index (χ0n) is 22.3. The second-order valence-corrected chi connectivity index (χ2v) is 11.6. The Morgan fingerprint density at radius 2 is 1.56 bits per heavy atom. The highest BCUT2D eigenvalue weighted by molar-refractivity contribution is 5.94. The molecule has 0 bridgehead atoms. The monoisotopic (exact) mass is 491 g/mol. The third kappa shape index (κ3) is 6.47. The molecular weight excluding hydrogens is 450 g/mol. The van der Waals surface area contributed by atoms with E-state index < -0.39 is 5.41 Å². The van der Waals surface area contributed by atoms with E-state index >= 15 is 0 Å². The van der Waals surface area contributed by atoms with E-state index in [9.17, 15) is 9.59 Å². The van der Waals surface area contributed by atoms with Crippen molar-refractivity contribution in [3.63, 3.8) is 0 Å². The second-order valence-electron chi connectivity index (χ2n) is 11.6. The van der Waals surface area contributed by atoms with Gasteiger partial charge in [0.25, 0.3) is 5.91 Å². The number of likely N-dealkylation sites (N-methyl/N-ethyl adjacent to an activating group) is 1. The van der Waals surface area contributed by atoms with Crippen LogP contribution in [0.2, 0.25) is 0 Å². The topological polar surface area (TPSA) is 53.1 Å². The lowest BCUT2D eigenvalue weighted by Gasteiger charge is -2.43. The Hall–Kier alpha value is -2.86. The fourth-order valence-electron chi connectivity index (χ4n) is 5.23. The molecule has 6 heteroatoms. The van der Waals surface area contributed by atoms with Crippen molar-refractivity contribution >= 4 is 11.8 Å². The summed E-state index contributed by atoms with van der Waals surface area (Å²) in [7, 11) is 2.09. The van der Waals surface area contributed by atoms with Gasteiger partial charge in [0.05, 0.1) is 6.61 Å². The molecule has 36 heavy (non-hydrogen) atoms. The molecule has 0 aliphatic carbocycles. The summed E-state index contributed by atoms with van der Waals surface area (Å²) in [5.74, 6) is 1.00. The number of carbonyl (C=O) groups excluding carboxylic acids is 2. The van der Waals surface area contributed by atoms with E-state index in [2.05, 4.69) is 44.9 Å². The van der Waals surface area contributed by atoms with Crippen LogP contribution < -0.4 is 4.74 Å². The van der Waals surface area contributed by atoms with Crippen LogP contribution in [0.15, 0.2) is 54.6 Å². The van der Waals surface area contributed by atoms with Gasteiger partial charge in [-0.3, -0.25) is 9.59 Å². The summed E-state index contributed by atoms with van der Waals surface area (Å²) >= 11 is 0. The van der Waals surface area contributed by atoms with Crippen molar-refractivity contribution in [1.29, 1.82) is 0 Å². The predicted octanol–water partition coefficient (Wildman–Crippen LogP) is 4.45. The summed E-state index contributed by atoms with van der Waals surface area (Å²) in [5, 5.41) is 0. The van der Waals surface area contributed by atoms with Crippen molar-refractivity contribution in [3.8, 4) is 5.75 Å². The Morgan fingerprint density at radius 1 is 0.889 bits per heavy atom. The lowest BCUT2D eigenvalue weighted by molar-refractivity contribution is -0.137. The van der Waals surface area contributed by atoms with Crippen LogP contribution in [0.3, 0.4) is 0 Å². The van der Waals surface area contributed by atoms with Gasteiger partial charge in [0.1, 0.15) is 5.75 Å². The Kier molecular flexibility index (Phi) is 8.04. The van der Waals surface area contributed by atoms with Crippen molar-refractivity contribution < 1.29 is 14.3 Å². The van der Waals surface area contributed by atoms with E-state index in [4.69, 9.17) is 4.74 Å². The van der Waals surface area contributed by atoms with Crippen LogP contribution in [0.5, 0.6) is 5.75 Å². The Bertz CT molecular complexity index is 1020. The normalized spacial score (nSPS) is 21.3. The number of ether oxygens (including phenoxy) is 1. The molecule has 2 heterocycles. The number of rotatable bonds is 6. The minimum Gasteiger partial charge on any atom is -0.493 e. The van der Waals surface area contributed by atoms with Gasteiger partial charge < -0.3 is 19.4 Å². The first-order chi connectivity index (χ1) is 17.2. The molecule has 2 aromatic carbocycles. The SMILES string of the molecule is CN1CCN(C(=O)C[C@]2(COc3ccccc3)CCCN(C(=O)c3ccc(C(C)(C)C)cc3)C2)CC1. The first-order valence-electron chi connectivity index (χ1n) is 13.2. The van der Waals surface area contributed by atoms with Crippen molar-refractivity contribution in [3.05, 3.63) is 65.7 Å². The highest BCUT2D eigenvalue weighted by Gasteiger charge is 2.41. The first-order valence-corrected chi connectivity index (χ1v) is 13.2. The van der Waals surface area contributed by atoms with Crippen molar-refractivity contribution in [2.75, 3.05) is 52.9 Å². The number of hydrogen-bond acceptors (Lipinski definition) is 4. The molecule has 0 radical (unpaired) electrons. The fourth-order valence-corrected chi connectivity index (χ4v) is 5.23. The molecule has 6 nitrogen and oxygen atoms in total. The summed E-state index contributed by atoms with van der Waals surface area (Å²) in [6.07, 6.45) is 2.13. The quantitative estimate of drug-likeness (QED) is 0.599. The minimum atomic E-state index is -0.407. The number of hydrogen-bond donors (Lipinski definition) is 0. The molecule has 2 aromatic rings. The van der Waals surface area contributed by atoms with Crippen molar-refractivity contribution in [2.45, 2.75) is 45.4 Å². The van der Waals surface area contributed by atoms with Gasteiger partial charge in [-0.2, -0.15) is 0 Å². The first kappa shape index (κ1) is 26.2. The molecule has 0 unspecified atom stereocenters. The van der Waals surface area contributed by atoms with Gasteiger partial charge >= 0.3 is 0 Å². The molecular formula is C30H41N3O3. The van der Waals surface area contributed by atoms with E-state index in [1.807, 2.05) is 52.3 Å². The summed E-state index contributed by atoms with van der Waals surface area (Å²) in [6, 6.07) is 17.7. The maximum atomic E-state index is 13.5. The van der Waals surface area contributed by atoms with E-state index in [1.165, 1.54) is 5.56 Å². The lowest BCUT2D eigenvalue weighted by atomic mass is 9.77. The molecule has 0 spiro atoms. The summed E-state index contributed by atoms with van der Waals surface area (Å²) in [4.78, 5) is 33.1. The van der Waals surface area contributed by atoms with Gasteiger partial charge in [-0.15, -0.1) is 0 Å². The largest absolute Gasteiger partial charge is 0.493 e. The van der Waals surface area contributed by atoms with Gasteiger partial charge in [-0.25, -0.2) is 0 Å². The predicted molar refractivity (Wildman–Crippen MR) is 143 cm³/mol. The lowest BCUT2D eigenvalue weighted by Crippen LogP contribution is -2.53. The number of benzene rings is 2. The molecule has 0 aromatic heterocycles. The Labute approximate surface area is 216 Å². The molecule has 2 fully saturated rings. The van der Waals surface area contributed by atoms with Gasteiger partial charge in [0.15, 0.2) is 0 Å². The van der Waals surface area contributed by atoms with Gasteiger partial charge in [0, 0.05) is 56.7 Å². The van der Waals surface area contributed by atoms with Crippen molar-refractivity contribution in [1.82, 2.24) is 14.7 Å². The number of amides is 2. The smallest absolute Gasteiger partial charge is 0.253 e. The average Bonchev–Trinajstić information content (AvgIpc) is 2.88. The van der Waals surface area contributed by atoms with Gasteiger partial charge in [-0.05, 0) is 55.1 Å². The van der Waals surface area contributed by atoms with E-state index in [0.717, 1.165) is 44.8 Å². The molecule has 4 rings (SSSR count). The van der Waals surface area contributed by atoms with Crippen LogP contribution in [-0.4, -0.2) is 79.4 Å². The molecule has 2 aliphatic rings. The number of para-hydroxylation sites is 1. The molecule has 194 valence electrons. The zero-order valence-corrected chi connectivity index (χ0v) is 22.3. The standard InChI is InChI=1S/C30H41N3O3/c1-29(2,3)25-13-11-24(12-14-25)28(35)33-16-8-15-30(22-33,23-36-26-9-6-5-7-10-26)21-27(34)32-19-17-31(4)18-20-32/h5-7,9-14H,8,15-23H2,1-4H3/t30-/m1/s1. The molecule has 2 amide bonds. The summed E-state index contributed by atoms with van der Waals surface area (Å²) < 4.78 is 6.22. The fraction of sp³-hybridized carbons (Fsp3) is 0.533. The third-order valence-corrected chi connectivity index (χ3v) is 7.62. The molecule has 1 atom stereocenters. The van der Waals surface area contributed by atoms with E-state index in [0.29, 0.717) is 31.7 Å². The van der Waals surface area contributed by atoms with Crippen LogP contribution in [0, 0.1) is 5.41 Å². The summed E-state index contributed by atoms with van der Waals surface area (Å²) in [5.41, 5.74) is 1.55. The maximum absolute atomic E-state index is 13.5. The number of carbonyl (C=O) groups is 2. The van der Waals surface area contributed by atoms with E-state index in [1.54, 1.807) is 0 Å². The third-order valence-electron chi connectivity index (χ3n) is 7.62. The number of piperidine rings is 1. The van der Waals surface area contributed by atoms with Gasteiger partial charge in [-0.1, -0.05) is 51.1 Å². The van der Waals surface area contributed by atoms with Crippen LogP contribution in [0.25, 0.3) is 0 Å².